The second-order valence-electron chi connectivity index (χ2n) is 7.75. The van der Waals surface area contributed by atoms with E-state index >= 15 is 0 Å². The molecule has 6 heteroatoms. The van der Waals surface area contributed by atoms with Crippen LogP contribution in [0.2, 0.25) is 5.02 Å². The molecule has 0 aliphatic carbocycles. The maximum absolute atomic E-state index is 12.6. The van der Waals surface area contributed by atoms with Gasteiger partial charge in [0.25, 0.3) is 0 Å². The van der Waals surface area contributed by atoms with Crippen molar-refractivity contribution < 1.29 is 14.6 Å². The SMILES string of the molecule is CC(C)(C)OC(=O)N1CCCCC1C(O)c1ccc2cc(Cl)ccc2n1. The fraction of sp³-hybridized carbons (Fsp3) is 0.500. The maximum Gasteiger partial charge on any atom is 0.410 e. The molecular weight excluding hydrogens is 352 g/mol. The van der Waals surface area contributed by atoms with Gasteiger partial charge in [-0.1, -0.05) is 17.7 Å². The Morgan fingerprint density at radius 3 is 2.81 bits per heavy atom. The van der Waals surface area contributed by atoms with E-state index in [0.717, 1.165) is 30.2 Å². The van der Waals surface area contributed by atoms with Gasteiger partial charge in [-0.2, -0.15) is 0 Å². The van der Waals surface area contributed by atoms with Gasteiger partial charge < -0.3 is 14.7 Å². The number of aromatic nitrogens is 1. The predicted octanol–water partition coefficient (Wildman–Crippen LogP) is 4.71. The quantitative estimate of drug-likeness (QED) is 0.824. The summed E-state index contributed by atoms with van der Waals surface area (Å²) in [7, 11) is 0. The van der Waals surface area contributed by atoms with Crippen LogP contribution in [0.25, 0.3) is 10.9 Å². The molecule has 1 aromatic heterocycles. The fourth-order valence-electron chi connectivity index (χ4n) is 3.31. The summed E-state index contributed by atoms with van der Waals surface area (Å²) in [5.41, 5.74) is 0.760. The maximum atomic E-state index is 12.6. The average molecular weight is 377 g/mol. The Morgan fingerprint density at radius 2 is 2.08 bits per heavy atom. The lowest BCUT2D eigenvalue weighted by Gasteiger charge is -2.38. The highest BCUT2D eigenvalue weighted by molar-refractivity contribution is 6.31. The number of likely N-dealkylation sites (tertiary alicyclic amines) is 1. The number of fused-ring (bicyclic) bond motifs is 1. The number of amides is 1. The summed E-state index contributed by atoms with van der Waals surface area (Å²) in [6.07, 6.45) is 1.36. The van der Waals surface area contributed by atoms with E-state index in [2.05, 4.69) is 4.98 Å². The Labute approximate surface area is 158 Å². The number of hydrogen-bond donors (Lipinski definition) is 1. The topological polar surface area (TPSA) is 62.7 Å². The van der Waals surface area contributed by atoms with Gasteiger partial charge in [0, 0.05) is 17.0 Å². The Bertz CT molecular complexity index is 803. The van der Waals surface area contributed by atoms with E-state index in [1.807, 2.05) is 39.0 Å². The molecule has 0 spiro atoms. The van der Waals surface area contributed by atoms with Gasteiger partial charge in [-0.3, -0.25) is 0 Å². The van der Waals surface area contributed by atoms with Crippen LogP contribution in [-0.2, 0) is 4.74 Å². The van der Waals surface area contributed by atoms with Crippen molar-refractivity contribution in [2.24, 2.45) is 0 Å². The number of halogens is 1. The molecule has 2 aromatic rings. The molecule has 5 nitrogen and oxygen atoms in total. The molecule has 1 aromatic carbocycles. The minimum absolute atomic E-state index is 0.337. The van der Waals surface area contributed by atoms with Gasteiger partial charge >= 0.3 is 6.09 Å². The van der Waals surface area contributed by atoms with E-state index < -0.39 is 11.7 Å². The lowest BCUT2D eigenvalue weighted by atomic mass is 9.95. The van der Waals surface area contributed by atoms with Crippen LogP contribution in [0.4, 0.5) is 4.79 Å². The number of benzene rings is 1. The molecule has 140 valence electrons. The first-order chi connectivity index (χ1) is 12.2. The largest absolute Gasteiger partial charge is 0.444 e. The minimum atomic E-state index is -0.858. The highest BCUT2D eigenvalue weighted by Crippen LogP contribution is 2.30. The third-order valence-corrected chi connectivity index (χ3v) is 4.75. The first-order valence-electron chi connectivity index (χ1n) is 8.98. The van der Waals surface area contributed by atoms with Crippen molar-refractivity contribution >= 4 is 28.6 Å². The van der Waals surface area contributed by atoms with Crippen LogP contribution in [0, 0.1) is 0 Å². The van der Waals surface area contributed by atoms with Gasteiger partial charge in [0.2, 0.25) is 0 Å². The van der Waals surface area contributed by atoms with Crippen molar-refractivity contribution in [3.05, 3.63) is 41.0 Å². The van der Waals surface area contributed by atoms with Crippen molar-refractivity contribution in [3.8, 4) is 0 Å². The van der Waals surface area contributed by atoms with E-state index in [0.29, 0.717) is 17.3 Å². The van der Waals surface area contributed by atoms with E-state index in [1.165, 1.54) is 0 Å². The molecule has 2 atom stereocenters. The predicted molar refractivity (Wildman–Crippen MR) is 102 cm³/mol. The lowest BCUT2D eigenvalue weighted by Crippen LogP contribution is -2.48. The van der Waals surface area contributed by atoms with Crippen molar-refractivity contribution in [2.75, 3.05) is 6.54 Å². The van der Waals surface area contributed by atoms with E-state index in [9.17, 15) is 9.90 Å². The van der Waals surface area contributed by atoms with Gasteiger partial charge in [0.15, 0.2) is 0 Å². The van der Waals surface area contributed by atoms with E-state index in [4.69, 9.17) is 16.3 Å². The number of aliphatic hydroxyl groups is 1. The summed E-state index contributed by atoms with van der Waals surface area (Å²) in [5.74, 6) is 0. The number of piperidine rings is 1. The van der Waals surface area contributed by atoms with Crippen LogP contribution in [0.1, 0.15) is 51.8 Å². The van der Waals surface area contributed by atoms with Crippen LogP contribution in [-0.4, -0.2) is 39.3 Å². The molecule has 1 saturated heterocycles. The molecular formula is C20H25ClN2O3. The summed E-state index contributed by atoms with van der Waals surface area (Å²) in [6.45, 7) is 6.11. The number of nitrogens with zero attached hydrogens (tertiary/aromatic N) is 2. The molecule has 26 heavy (non-hydrogen) atoms. The molecule has 1 N–H and O–H groups in total. The van der Waals surface area contributed by atoms with Crippen molar-refractivity contribution in [1.29, 1.82) is 0 Å². The van der Waals surface area contributed by atoms with Gasteiger partial charge in [0.1, 0.15) is 11.7 Å². The Balaban J connectivity index is 1.85. The molecule has 1 fully saturated rings. The molecule has 0 bridgehead atoms. The lowest BCUT2D eigenvalue weighted by molar-refractivity contribution is -0.0177. The summed E-state index contributed by atoms with van der Waals surface area (Å²) >= 11 is 6.01. The number of pyridine rings is 1. The summed E-state index contributed by atoms with van der Waals surface area (Å²) in [5, 5.41) is 12.5. The zero-order valence-electron chi connectivity index (χ0n) is 15.4. The average Bonchev–Trinajstić information content (AvgIpc) is 2.59. The number of rotatable bonds is 2. The van der Waals surface area contributed by atoms with Gasteiger partial charge in [-0.05, 0) is 64.3 Å². The van der Waals surface area contributed by atoms with Crippen LogP contribution in [0.5, 0.6) is 0 Å². The van der Waals surface area contributed by atoms with Gasteiger partial charge in [0.05, 0.1) is 17.3 Å². The molecule has 1 aliphatic heterocycles. The molecule has 2 heterocycles. The molecule has 1 aliphatic rings. The summed E-state index contributed by atoms with van der Waals surface area (Å²) in [6, 6.07) is 8.81. The normalized spacial score (nSPS) is 19.4. The Hall–Kier alpha value is -1.85. The van der Waals surface area contributed by atoms with Crippen molar-refractivity contribution in [3.63, 3.8) is 0 Å². The Kier molecular flexibility index (Phi) is 5.39. The second-order valence-corrected chi connectivity index (χ2v) is 8.19. The van der Waals surface area contributed by atoms with Crippen molar-refractivity contribution in [1.82, 2.24) is 9.88 Å². The fourth-order valence-corrected chi connectivity index (χ4v) is 3.49. The number of hydrogen-bond acceptors (Lipinski definition) is 4. The van der Waals surface area contributed by atoms with Crippen LogP contribution in [0.15, 0.2) is 30.3 Å². The number of carbonyl (C=O) groups excluding carboxylic acids is 1. The Morgan fingerprint density at radius 1 is 1.31 bits per heavy atom. The molecule has 3 rings (SSSR count). The summed E-state index contributed by atoms with van der Waals surface area (Å²) in [4.78, 5) is 18.8. The van der Waals surface area contributed by atoms with Crippen LogP contribution in [0.3, 0.4) is 0 Å². The molecule has 0 radical (unpaired) electrons. The number of carbonyl (C=O) groups is 1. The molecule has 1 amide bonds. The summed E-state index contributed by atoms with van der Waals surface area (Å²) < 4.78 is 5.52. The van der Waals surface area contributed by atoms with Crippen LogP contribution < -0.4 is 0 Å². The van der Waals surface area contributed by atoms with E-state index in [-0.39, 0.29) is 12.1 Å². The zero-order valence-corrected chi connectivity index (χ0v) is 16.2. The standard InChI is InChI=1S/C20H25ClN2O3/c1-20(2,3)26-19(25)23-11-5-4-6-17(23)18(24)16-9-7-13-12-14(21)8-10-15(13)22-16/h7-10,12,17-18,24H,4-6,11H2,1-3H3. The molecule has 2 unspecified atom stereocenters. The second kappa shape index (κ2) is 7.41. The third-order valence-electron chi connectivity index (χ3n) is 4.52. The van der Waals surface area contributed by atoms with Crippen molar-refractivity contribution in [2.45, 2.75) is 57.8 Å². The first kappa shape index (κ1) is 18.9. The van der Waals surface area contributed by atoms with Gasteiger partial charge in [-0.15, -0.1) is 0 Å². The monoisotopic (exact) mass is 376 g/mol. The minimum Gasteiger partial charge on any atom is -0.444 e. The zero-order chi connectivity index (χ0) is 18.9. The smallest absolute Gasteiger partial charge is 0.410 e. The van der Waals surface area contributed by atoms with Gasteiger partial charge in [-0.25, -0.2) is 9.78 Å². The first-order valence-corrected chi connectivity index (χ1v) is 9.36. The molecule has 0 saturated carbocycles. The highest BCUT2D eigenvalue weighted by Gasteiger charge is 2.35. The number of aliphatic hydroxyl groups excluding tert-OH is 1. The van der Waals surface area contributed by atoms with Crippen LogP contribution >= 0.6 is 11.6 Å². The highest BCUT2D eigenvalue weighted by atomic mass is 35.5. The third kappa shape index (κ3) is 4.27. The number of ether oxygens (including phenoxy) is 1. The van der Waals surface area contributed by atoms with E-state index in [1.54, 1.807) is 17.0 Å².